The van der Waals surface area contributed by atoms with Crippen LogP contribution in [0.15, 0.2) is 115 Å². The fourth-order valence-electron chi connectivity index (χ4n) is 4.44. The van der Waals surface area contributed by atoms with E-state index in [1.165, 1.54) is 24.3 Å². The molecular formula is C34H25Cl2FN2O4. The van der Waals surface area contributed by atoms with Crippen LogP contribution in [0.3, 0.4) is 0 Å². The number of ether oxygens (including phenoxy) is 1. The molecule has 43 heavy (non-hydrogen) atoms. The molecule has 0 aliphatic carbocycles. The summed E-state index contributed by atoms with van der Waals surface area (Å²) in [7, 11) is 0. The van der Waals surface area contributed by atoms with Crippen LogP contribution in [-0.2, 0) is 11.2 Å². The molecule has 0 fully saturated rings. The lowest BCUT2D eigenvalue weighted by atomic mass is 9.99. The van der Waals surface area contributed by atoms with Crippen LogP contribution in [0.5, 0.6) is 11.5 Å². The van der Waals surface area contributed by atoms with Crippen molar-refractivity contribution >= 4 is 46.5 Å². The summed E-state index contributed by atoms with van der Waals surface area (Å²) in [4.78, 5) is 25.5. The van der Waals surface area contributed by atoms with E-state index < -0.39 is 23.7 Å². The van der Waals surface area contributed by atoms with Crippen molar-refractivity contribution in [2.45, 2.75) is 12.5 Å². The summed E-state index contributed by atoms with van der Waals surface area (Å²) in [5.41, 5.74) is 3.38. The van der Waals surface area contributed by atoms with Gasteiger partial charge in [-0.3, -0.25) is 4.79 Å². The molecule has 5 aromatic carbocycles. The van der Waals surface area contributed by atoms with Crippen LogP contribution in [0, 0.1) is 5.82 Å². The van der Waals surface area contributed by atoms with Gasteiger partial charge < -0.3 is 20.5 Å². The summed E-state index contributed by atoms with van der Waals surface area (Å²) in [5.74, 6) is -1.02. The Labute approximate surface area is 257 Å². The van der Waals surface area contributed by atoms with Crippen LogP contribution in [0.1, 0.15) is 15.9 Å². The number of anilines is 2. The van der Waals surface area contributed by atoms with E-state index >= 15 is 0 Å². The van der Waals surface area contributed by atoms with Crippen LogP contribution in [0.2, 0.25) is 10.0 Å². The second-order valence-corrected chi connectivity index (χ2v) is 10.5. The van der Waals surface area contributed by atoms with E-state index in [0.29, 0.717) is 28.4 Å². The summed E-state index contributed by atoms with van der Waals surface area (Å²) < 4.78 is 19.7. The van der Waals surface area contributed by atoms with Gasteiger partial charge in [0, 0.05) is 22.7 Å². The smallest absolute Gasteiger partial charge is 0.326 e. The third kappa shape index (κ3) is 7.52. The summed E-state index contributed by atoms with van der Waals surface area (Å²) in [6.07, 6.45) is 0.0421. The molecule has 0 saturated heterocycles. The Morgan fingerprint density at radius 2 is 1.56 bits per heavy atom. The summed E-state index contributed by atoms with van der Waals surface area (Å²) in [5, 5.41) is 15.7. The van der Waals surface area contributed by atoms with E-state index in [2.05, 4.69) is 10.6 Å². The molecule has 9 heteroatoms. The highest BCUT2D eigenvalue weighted by molar-refractivity contribution is 6.31. The van der Waals surface area contributed by atoms with Crippen molar-refractivity contribution in [1.82, 2.24) is 5.32 Å². The fourth-order valence-corrected chi connectivity index (χ4v) is 4.80. The van der Waals surface area contributed by atoms with E-state index in [-0.39, 0.29) is 22.0 Å². The zero-order valence-electron chi connectivity index (χ0n) is 22.6. The molecule has 1 atom stereocenters. The lowest BCUT2D eigenvalue weighted by molar-refractivity contribution is -0.139. The molecule has 0 aromatic heterocycles. The van der Waals surface area contributed by atoms with Crippen LogP contribution < -0.4 is 15.4 Å². The third-order valence-corrected chi connectivity index (χ3v) is 7.12. The molecule has 0 saturated carbocycles. The van der Waals surface area contributed by atoms with Gasteiger partial charge in [0.15, 0.2) is 0 Å². The lowest BCUT2D eigenvalue weighted by Gasteiger charge is -2.18. The molecule has 3 N–H and O–H groups in total. The normalized spacial score (nSPS) is 11.4. The average molecular weight is 615 g/mol. The van der Waals surface area contributed by atoms with E-state index in [0.717, 1.165) is 11.1 Å². The standard InChI is InChI=1S/C34H25Cl2FN2O4/c35-23-14-17-30(38-24-15-16-29(37)28(36)20-24)27(19-23)33(40)39-31(34(41)42)18-21-10-12-22(13-11-21)26-8-4-5-9-32(26)43-25-6-2-1-3-7-25/h1-17,19-20,31,38H,18H2,(H,39,40)(H,41,42). The predicted molar refractivity (Wildman–Crippen MR) is 167 cm³/mol. The number of halogens is 3. The minimum Gasteiger partial charge on any atom is -0.480 e. The van der Waals surface area contributed by atoms with Crippen LogP contribution in [-0.4, -0.2) is 23.0 Å². The number of carboxylic acid groups (broad SMARTS) is 1. The summed E-state index contributed by atoms with van der Waals surface area (Å²) in [6.45, 7) is 0. The molecule has 0 aliphatic heterocycles. The Hall–Kier alpha value is -4.85. The molecule has 1 unspecified atom stereocenters. The van der Waals surface area contributed by atoms with Gasteiger partial charge in [-0.2, -0.15) is 0 Å². The first-order chi connectivity index (χ1) is 20.8. The van der Waals surface area contributed by atoms with Crippen molar-refractivity contribution in [3.05, 3.63) is 142 Å². The van der Waals surface area contributed by atoms with Crippen molar-refractivity contribution < 1.29 is 23.8 Å². The van der Waals surface area contributed by atoms with E-state index in [9.17, 15) is 19.1 Å². The van der Waals surface area contributed by atoms with Gasteiger partial charge >= 0.3 is 5.97 Å². The van der Waals surface area contributed by atoms with Gasteiger partial charge in [-0.25, -0.2) is 9.18 Å². The molecular weight excluding hydrogens is 590 g/mol. The maximum atomic E-state index is 13.6. The molecule has 216 valence electrons. The van der Waals surface area contributed by atoms with E-state index in [1.807, 2.05) is 78.9 Å². The SMILES string of the molecule is O=C(NC(Cc1ccc(-c2ccccc2Oc2ccccc2)cc1)C(=O)O)c1cc(Cl)ccc1Nc1ccc(F)c(Cl)c1. The molecule has 0 aliphatic rings. The first-order valence-corrected chi connectivity index (χ1v) is 14.0. The third-order valence-electron chi connectivity index (χ3n) is 6.59. The highest BCUT2D eigenvalue weighted by atomic mass is 35.5. The maximum absolute atomic E-state index is 13.6. The Morgan fingerprint density at radius 3 is 2.28 bits per heavy atom. The maximum Gasteiger partial charge on any atom is 0.326 e. The molecule has 0 radical (unpaired) electrons. The molecule has 6 nitrogen and oxygen atoms in total. The predicted octanol–water partition coefficient (Wildman–Crippen LogP) is 8.76. The molecule has 0 heterocycles. The van der Waals surface area contributed by atoms with Gasteiger partial charge in [0.25, 0.3) is 5.91 Å². The van der Waals surface area contributed by atoms with E-state index in [4.69, 9.17) is 27.9 Å². The average Bonchev–Trinajstić information content (AvgIpc) is 3.00. The summed E-state index contributed by atoms with van der Waals surface area (Å²) >= 11 is 12.0. The van der Waals surface area contributed by atoms with Crippen molar-refractivity contribution in [2.24, 2.45) is 0 Å². The largest absolute Gasteiger partial charge is 0.480 e. The number of amides is 1. The fraction of sp³-hybridized carbons (Fsp3) is 0.0588. The van der Waals surface area contributed by atoms with Crippen LogP contribution in [0.4, 0.5) is 15.8 Å². The number of para-hydroxylation sites is 2. The quantitative estimate of drug-likeness (QED) is 0.146. The van der Waals surface area contributed by atoms with Gasteiger partial charge in [-0.05, 0) is 65.7 Å². The molecule has 5 aromatic rings. The first-order valence-electron chi connectivity index (χ1n) is 13.2. The zero-order valence-corrected chi connectivity index (χ0v) is 24.1. The van der Waals surface area contributed by atoms with Gasteiger partial charge in [0.2, 0.25) is 0 Å². The van der Waals surface area contributed by atoms with Crippen LogP contribution >= 0.6 is 23.2 Å². The second-order valence-electron chi connectivity index (χ2n) is 9.62. The molecule has 1 amide bonds. The second kappa shape index (κ2) is 13.4. The highest BCUT2D eigenvalue weighted by Gasteiger charge is 2.23. The minimum atomic E-state index is -1.22. The van der Waals surface area contributed by atoms with Crippen molar-refractivity contribution in [2.75, 3.05) is 5.32 Å². The van der Waals surface area contributed by atoms with E-state index in [1.54, 1.807) is 12.1 Å². The number of nitrogens with one attached hydrogen (secondary N) is 2. The number of aliphatic carboxylic acids is 1. The Kier molecular flexibility index (Phi) is 9.25. The van der Waals surface area contributed by atoms with Gasteiger partial charge in [0.05, 0.1) is 16.3 Å². The Balaban J connectivity index is 1.32. The number of rotatable bonds is 10. The monoisotopic (exact) mass is 614 g/mol. The van der Waals surface area contributed by atoms with Crippen molar-refractivity contribution in [3.8, 4) is 22.6 Å². The van der Waals surface area contributed by atoms with Gasteiger partial charge in [0.1, 0.15) is 23.4 Å². The Bertz CT molecular complexity index is 1770. The van der Waals surface area contributed by atoms with Gasteiger partial charge in [-0.15, -0.1) is 0 Å². The highest BCUT2D eigenvalue weighted by Crippen LogP contribution is 2.33. The summed E-state index contributed by atoms with van der Waals surface area (Å²) in [6, 6.07) is 31.9. The molecule has 5 rings (SSSR count). The Morgan fingerprint density at radius 1 is 0.837 bits per heavy atom. The van der Waals surface area contributed by atoms with Crippen LogP contribution in [0.25, 0.3) is 11.1 Å². The lowest BCUT2D eigenvalue weighted by Crippen LogP contribution is -2.42. The topological polar surface area (TPSA) is 87.7 Å². The zero-order chi connectivity index (χ0) is 30.3. The first kappa shape index (κ1) is 29.6. The van der Waals surface area contributed by atoms with Crippen molar-refractivity contribution in [1.29, 1.82) is 0 Å². The molecule has 0 bridgehead atoms. The number of carbonyl (C=O) groups is 2. The van der Waals surface area contributed by atoms with Gasteiger partial charge in [-0.1, -0.05) is 83.9 Å². The number of hydrogen-bond acceptors (Lipinski definition) is 4. The molecule has 0 spiro atoms. The van der Waals surface area contributed by atoms with Crippen molar-refractivity contribution in [3.63, 3.8) is 0 Å². The number of carbonyl (C=O) groups excluding carboxylic acids is 1. The number of hydrogen-bond donors (Lipinski definition) is 3. The minimum absolute atomic E-state index is 0.0421. The number of benzene rings is 5. The number of carboxylic acids is 1.